The molecule has 2 fully saturated rings. The van der Waals surface area contributed by atoms with Crippen LogP contribution in [0.2, 0.25) is 0 Å². The Hall–Kier alpha value is -0.910. The molecule has 0 aromatic heterocycles. The fourth-order valence-corrected chi connectivity index (χ4v) is 7.68. The minimum absolute atomic E-state index is 0.384. The van der Waals surface area contributed by atoms with Gasteiger partial charge in [-0.3, -0.25) is 0 Å². The number of hydrogen-bond donors (Lipinski definition) is 0. The Kier molecular flexibility index (Phi) is 6.20. The standard InChI is InChI=1S/C22H26O2S3/c23-27(24,21-13-9-19(10-14-21)25-17-5-1-2-6-17)22-15-11-20(12-16-22)26-18-7-3-4-8-18/h9-18H,1-8H2. The highest BCUT2D eigenvalue weighted by atomic mass is 32.2. The average molecular weight is 419 g/mol. The second kappa shape index (κ2) is 8.62. The van der Waals surface area contributed by atoms with Crippen molar-refractivity contribution in [3.8, 4) is 0 Å². The summed E-state index contributed by atoms with van der Waals surface area (Å²) in [5.41, 5.74) is 0. The Bertz CT molecular complexity index is 778. The van der Waals surface area contributed by atoms with Gasteiger partial charge >= 0.3 is 0 Å². The Morgan fingerprint density at radius 2 is 0.926 bits per heavy atom. The zero-order chi connectivity index (χ0) is 18.7. The molecule has 0 saturated heterocycles. The van der Waals surface area contributed by atoms with Gasteiger partial charge in [0.1, 0.15) is 0 Å². The van der Waals surface area contributed by atoms with Crippen LogP contribution in [0.4, 0.5) is 0 Å². The largest absolute Gasteiger partial charge is 0.219 e. The van der Waals surface area contributed by atoms with E-state index in [1.54, 1.807) is 24.3 Å². The Morgan fingerprint density at radius 3 is 1.26 bits per heavy atom. The number of rotatable bonds is 6. The topological polar surface area (TPSA) is 34.1 Å². The molecule has 0 aliphatic heterocycles. The minimum atomic E-state index is -3.45. The molecule has 2 aromatic carbocycles. The van der Waals surface area contributed by atoms with Crippen molar-refractivity contribution in [1.29, 1.82) is 0 Å². The van der Waals surface area contributed by atoms with Crippen LogP contribution in [0.5, 0.6) is 0 Å². The molecule has 0 atom stereocenters. The van der Waals surface area contributed by atoms with Gasteiger partial charge in [0.15, 0.2) is 0 Å². The van der Waals surface area contributed by atoms with Crippen molar-refractivity contribution in [3.63, 3.8) is 0 Å². The summed E-state index contributed by atoms with van der Waals surface area (Å²) in [6.07, 6.45) is 10.4. The van der Waals surface area contributed by atoms with Crippen LogP contribution in [0.3, 0.4) is 0 Å². The predicted octanol–water partition coefficient (Wildman–Crippen LogP) is 6.59. The number of sulfone groups is 1. The molecule has 4 rings (SSSR count). The van der Waals surface area contributed by atoms with Crippen LogP contribution < -0.4 is 0 Å². The van der Waals surface area contributed by atoms with Gasteiger partial charge in [0.2, 0.25) is 9.84 Å². The van der Waals surface area contributed by atoms with Gasteiger partial charge in [-0.15, -0.1) is 23.5 Å². The van der Waals surface area contributed by atoms with E-state index in [0.29, 0.717) is 20.3 Å². The first kappa shape index (κ1) is 19.4. The molecule has 0 unspecified atom stereocenters. The van der Waals surface area contributed by atoms with Crippen LogP contribution in [0.25, 0.3) is 0 Å². The van der Waals surface area contributed by atoms with Crippen molar-refractivity contribution in [2.75, 3.05) is 0 Å². The maximum atomic E-state index is 12.9. The van der Waals surface area contributed by atoms with Crippen LogP contribution >= 0.6 is 23.5 Å². The van der Waals surface area contributed by atoms with E-state index in [9.17, 15) is 8.42 Å². The smallest absolute Gasteiger partial charge is 0.206 e. The van der Waals surface area contributed by atoms with Crippen LogP contribution in [0, 0.1) is 0 Å². The zero-order valence-electron chi connectivity index (χ0n) is 15.5. The molecule has 2 aliphatic carbocycles. The first-order valence-electron chi connectivity index (χ1n) is 9.90. The number of thioether (sulfide) groups is 2. The monoisotopic (exact) mass is 418 g/mol. The summed E-state index contributed by atoms with van der Waals surface area (Å²) in [5, 5.41) is 1.38. The Balaban J connectivity index is 1.45. The van der Waals surface area contributed by atoms with E-state index in [-0.39, 0.29) is 0 Å². The normalized spacial score (nSPS) is 19.0. The molecule has 0 bridgehead atoms. The van der Waals surface area contributed by atoms with Crippen molar-refractivity contribution in [2.45, 2.75) is 81.4 Å². The van der Waals surface area contributed by atoms with E-state index in [4.69, 9.17) is 0 Å². The third kappa shape index (κ3) is 4.75. The van der Waals surface area contributed by atoms with Gasteiger partial charge in [-0.05, 0) is 74.2 Å². The summed E-state index contributed by atoms with van der Waals surface area (Å²) in [5.74, 6) is 0. The number of benzene rings is 2. The maximum Gasteiger partial charge on any atom is 0.206 e. The summed E-state index contributed by atoms with van der Waals surface area (Å²) in [7, 11) is -3.45. The second-order valence-electron chi connectivity index (χ2n) is 7.49. The lowest BCUT2D eigenvalue weighted by Gasteiger charge is -2.11. The van der Waals surface area contributed by atoms with E-state index in [1.165, 1.54) is 61.2 Å². The fourth-order valence-electron chi connectivity index (χ4n) is 3.93. The molecular weight excluding hydrogens is 392 g/mol. The first-order chi connectivity index (χ1) is 13.1. The average Bonchev–Trinajstić information content (AvgIpc) is 3.37. The maximum absolute atomic E-state index is 12.9. The molecule has 144 valence electrons. The summed E-state index contributed by atoms with van der Waals surface area (Å²) >= 11 is 3.77. The molecular formula is C22H26O2S3. The van der Waals surface area contributed by atoms with E-state index >= 15 is 0 Å². The quantitative estimate of drug-likeness (QED) is 0.530. The lowest BCUT2D eigenvalue weighted by Crippen LogP contribution is -2.02. The summed E-state index contributed by atoms with van der Waals surface area (Å²) < 4.78 is 25.9. The SMILES string of the molecule is O=S(=O)(c1ccc(SC2CCCC2)cc1)c1ccc(SC2CCCC2)cc1. The summed E-state index contributed by atoms with van der Waals surface area (Å²) in [4.78, 5) is 3.11. The van der Waals surface area contributed by atoms with Crippen LogP contribution in [-0.4, -0.2) is 18.9 Å². The zero-order valence-corrected chi connectivity index (χ0v) is 17.9. The fraction of sp³-hybridized carbons (Fsp3) is 0.455. The van der Waals surface area contributed by atoms with Crippen molar-refractivity contribution in [3.05, 3.63) is 48.5 Å². The van der Waals surface area contributed by atoms with Gasteiger partial charge in [-0.1, -0.05) is 25.7 Å². The van der Waals surface area contributed by atoms with Gasteiger partial charge in [-0.2, -0.15) is 0 Å². The highest BCUT2D eigenvalue weighted by Crippen LogP contribution is 2.36. The summed E-state index contributed by atoms with van der Waals surface area (Å²) in [6.45, 7) is 0. The molecule has 0 amide bonds. The molecule has 0 heterocycles. The molecule has 27 heavy (non-hydrogen) atoms. The lowest BCUT2D eigenvalue weighted by molar-refractivity contribution is 0.596. The summed E-state index contributed by atoms with van der Waals surface area (Å²) in [6, 6.07) is 14.9. The van der Waals surface area contributed by atoms with Crippen molar-refractivity contribution in [1.82, 2.24) is 0 Å². The highest BCUT2D eigenvalue weighted by Gasteiger charge is 2.20. The molecule has 0 radical (unpaired) electrons. The van der Waals surface area contributed by atoms with Gasteiger partial charge in [0, 0.05) is 20.3 Å². The van der Waals surface area contributed by atoms with Crippen molar-refractivity contribution < 1.29 is 8.42 Å². The minimum Gasteiger partial charge on any atom is -0.219 e. The van der Waals surface area contributed by atoms with Crippen molar-refractivity contribution in [2.24, 2.45) is 0 Å². The third-order valence-electron chi connectivity index (χ3n) is 5.48. The predicted molar refractivity (Wildman–Crippen MR) is 115 cm³/mol. The molecule has 2 aromatic rings. The van der Waals surface area contributed by atoms with Crippen LogP contribution in [0.1, 0.15) is 51.4 Å². The van der Waals surface area contributed by atoms with Gasteiger partial charge < -0.3 is 0 Å². The van der Waals surface area contributed by atoms with E-state index in [0.717, 1.165) is 0 Å². The van der Waals surface area contributed by atoms with Gasteiger partial charge in [-0.25, -0.2) is 8.42 Å². The Labute approximate surface area is 171 Å². The molecule has 2 aliphatic rings. The molecule has 5 heteroatoms. The van der Waals surface area contributed by atoms with E-state index in [2.05, 4.69) is 0 Å². The Morgan fingerprint density at radius 1 is 0.593 bits per heavy atom. The second-order valence-corrected chi connectivity index (χ2v) is 12.2. The molecule has 2 nitrogen and oxygen atoms in total. The molecule has 2 saturated carbocycles. The van der Waals surface area contributed by atoms with Crippen molar-refractivity contribution >= 4 is 33.4 Å². The molecule has 0 spiro atoms. The highest BCUT2D eigenvalue weighted by molar-refractivity contribution is 8.00. The van der Waals surface area contributed by atoms with E-state index < -0.39 is 9.84 Å². The van der Waals surface area contributed by atoms with Crippen LogP contribution in [0.15, 0.2) is 68.1 Å². The van der Waals surface area contributed by atoms with Crippen LogP contribution in [-0.2, 0) is 9.84 Å². The number of hydrogen-bond acceptors (Lipinski definition) is 4. The van der Waals surface area contributed by atoms with Gasteiger partial charge in [0.25, 0.3) is 0 Å². The first-order valence-corrected chi connectivity index (χ1v) is 13.1. The third-order valence-corrected chi connectivity index (χ3v) is 9.96. The lowest BCUT2D eigenvalue weighted by atomic mass is 10.3. The van der Waals surface area contributed by atoms with Gasteiger partial charge in [0.05, 0.1) is 9.79 Å². The molecule has 0 N–H and O–H groups in total. The van der Waals surface area contributed by atoms with E-state index in [1.807, 2.05) is 47.8 Å².